The zero-order chi connectivity index (χ0) is 14.8. The third-order valence-electron chi connectivity index (χ3n) is 2.74. The lowest BCUT2D eigenvalue weighted by Crippen LogP contribution is -2.06. The monoisotopic (exact) mass is 281 g/mol. The molecule has 20 heavy (non-hydrogen) atoms. The maximum atomic E-state index is 12.4. The van der Waals surface area contributed by atoms with Crippen LogP contribution < -0.4 is 4.74 Å². The van der Waals surface area contributed by atoms with Crippen molar-refractivity contribution in [3.63, 3.8) is 0 Å². The van der Waals surface area contributed by atoms with E-state index in [-0.39, 0.29) is 6.61 Å². The first-order valence-electron chi connectivity index (χ1n) is 5.63. The Morgan fingerprint density at radius 3 is 2.50 bits per heavy atom. The van der Waals surface area contributed by atoms with Crippen LogP contribution in [0, 0.1) is 11.3 Å². The summed E-state index contributed by atoms with van der Waals surface area (Å²) in [6.45, 7) is 0.0603. The average molecular weight is 281 g/mol. The van der Waals surface area contributed by atoms with Crippen LogP contribution in [0.4, 0.5) is 13.2 Å². The first-order chi connectivity index (χ1) is 9.41. The van der Waals surface area contributed by atoms with Crippen LogP contribution in [0.2, 0.25) is 0 Å². The van der Waals surface area contributed by atoms with Crippen molar-refractivity contribution in [2.75, 3.05) is 0 Å². The maximum absolute atomic E-state index is 12.4. The van der Waals surface area contributed by atoms with E-state index in [1.165, 1.54) is 23.0 Å². The zero-order valence-corrected chi connectivity index (χ0v) is 10.5. The van der Waals surface area contributed by atoms with Crippen molar-refractivity contribution in [1.29, 1.82) is 5.26 Å². The quantitative estimate of drug-likeness (QED) is 0.869. The largest absolute Gasteiger partial charge is 0.487 e. The minimum Gasteiger partial charge on any atom is -0.487 e. The summed E-state index contributed by atoms with van der Waals surface area (Å²) in [6, 6.07) is 6.35. The zero-order valence-electron chi connectivity index (χ0n) is 10.5. The first-order valence-corrected chi connectivity index (χ1v) is 5.63. The van der Waals surface area contributed by atoms with Crippen molar-refractivity contribution in [3.05, 3.63) is 47.3 Å². The van der Waals surface area contributed by atoms with Crippen LogP contribution in [0.1, 0.15) is 16.8 Å². The Labute approximate surface area is 113 Å². The molecule has 2 aromatic rings. The third kappa shape index (κ3) is 2.91. The van der Waals surface area contributed by atoms with Crippen LogP contribution in [0.25, 0.3) is 0 Å². The van der Waals surface area contributed by atoms with Gasteiger partial charge in [0.15, 0.2) is 0 Å². The molecule has 1 aromatic heterocycles. The lowest BCUT2D eigenvalue weighted by molar-refractivity contribution is -0.137. The molecule has 0 saturated carbocycles. The van der Waals surface area contributed by atoms with Crippen molar-refractivity contribution in [2.24, 2.45) is 7.05 Å². The van der Waals surface area contributed by atoms with Gasteiger partial charge in [-0.15, -0.1) is 0 Å². The summed E-state index contributed by atoms with van der Waals surface area (Å²) in [5.74, 6) is 0.295. The van der Waals surface area contributed by atoms with E-state index in [2.05, 4.69) is 5.10 Å². The van der Waals surface area contributed by atoms with Gasteiger partial charge in [0, 0.05) is 7.05 Å². The minimum absolute atomic E-state index is 0.0603. The summed E-state index contributed by atoms with van der Waals surface area (Å²) in [5.41, 5.74) is 0.204. The molecule has 1 heterocycles. The van der Waals surface area contributed by atoms with Crippen LogP contribution in [0.3, 0.4) is 0 Å². The van der Waals surface area contributed by atoms with Gasteiger partial charge < -0.3 is 4.74 Å². The molecule has 1 aromatic carbocycles. The molecule has 0 unspecified atom stereocenters. The third-order valence-corrected chi connectivity index (χ3v) is 2.74. The first kappa shape index (κ1) is 13.9. The predicted octanol–water partition coefficient (Wildman–Crippen LogP) is 2.89. The highest BCUT2D eigenvalue weighted by atomic mass is 19.4. The topological polar surface area (TPSA) is 50.8 Å². The number of hydrogen-bond acceptors (Lipinski definition) is 3. The molecule has 0 radical (unpaired) electrons. The second-order valence-electron chi connectivity index (χ2n) is 4.05. The molecule has 0 N–H and O–H groups in total. The second-order valence-corrected chi connectivity index (χ2v) is 4.05. The van der Waals surface area contributed by atoms with Crippen molar-refractivity contribution >= 4 is 0 Å². The van der Waals surface area contributed by atoms with E-state index in [0.717, 1.165) is 12.1 Å². The summed E-state index contributed by atoms with van der Waals surface area (Å²) < 4.78 is 44.0. The number of hydrogen-bond donors (Lipinski definition) is 0. The van der Waals surface area contributed by atoms with Crippen molar-refractivity contribution in [2.45, 2.75) is 12.8 Å². The maximum Gasteiger partial charge on any atom is 0.416 e. The predicted molar refractivity (Wildman–Crippen MR) is 63.7 cm³/mol. The average Bonchev–Trinajstić information content (AvgIpc) is 2.76. The highest BCUT2D eigenvalue weighted by Gasteiger charge is 2.30. The van der Waals surface area contributed by atoms with Gasteiger partial charge in [-0.05, 0) is 24.3 Å². The smallest absolute Gasteiger partial charge is 0.416 e. The molecule has 0 aliphatic rings. The van der Waals surface area contributed by atoms with Crippen LogP contribution in [0.15, 0.2) is 30.5 Å². The fraction of sp³-hybridized carbons (Fsp3) is 0.231. The molecular formula is C13H10F3N3O. The summed E-state index contributed by atoms with van der Waals surface area (Å²) in [6.07, 6.45) is -2.96. The Balaban J connectivity index is 2.08. The van der Waals surface area contributed by atoms with Gasteiger partial charge >= 0.3 is 6.18 Å². The van der Waals surface area contributed by atoms with E-state index >= 15 is 0 Å². The van der Waals surface area contributed by atoms with Crippen LogP contribution in [-0.2, 0) is 19.8 Å². The lowest BCUT2D eigenvalue weighted by atomic mass is 10.2. The van der Waals surface area contributed by atoms with E-state index in [1.807, 2.05) is 6.07 Å². The number of ether oxygens (including phenoxy) is 1. The van der Waals surface area contributed by atoms with Gasteiger partial charge in [0.05, 0.1) is 23.0 Å². The number of nitrogens with zero attached hydrogens (tertiary/aromatic N) is 3. The summed E-state index contributed by atoms with van der Waals surface area (Å²) in [7, 11) is 1.66. The highest BCUT2D eigenvalue weighted by molar-refractivity contribution is 5.32. The fourth-order valence-electron chi connectivity index (χ4n) is 1.62. The van der Waals surface area contributed by atoms with Gasteiger partial charge in [-0.25, -0.2) is 0 Å². The van der Waals surface area contributed by atoms with Gasteiger partial charge in [0.1, 0.15) is 18.4 Å². The van der Waals surface area contributed by atoms with Crippen LogP contribution in [-0.4, -0.2) is 9.78 Å². The van der Waals surface area contributed by atoms with Gasteiger partial charge in [-0.2, -0.15) is 23.5 Å². The Morgan fingerprint density at radius 1 is 1.30 bits per heavy atom. The molecule has 0 atom stereocenters. The number of aryl methyl sites for hydroxylation is 1. The summed E-state index contributed by atoms with van der Waals surface area (Å²) in [5, 5.41) is 12.8. The molecule has 2 rings (SSSR count). The van der Waals surface area contributed by atoms with E-state index < -0.39 is 11.7 Å². The molecular weight excluding hydrogens is 271 g/mol. The van der Waals surface area contributed by atoms with E-state index in [4.69, 9.17) is 10.00 Å². The molecule has 7 heteroatoms. The molecule has 0 amide bonds. The molecule has 0 aliphatic carbocycles. The standard InChI is InChI=1S/C13H10F3N3O/c1-19-12(9(6-17)7-18-19)8-20-11-4-2-10(3-5-11)13(14,15)16/h2-5,7H,8H2,1H3. The van der Waals surface area contributed by atoms with E-state index in [0.29, 0.717) is 17.0 Å². The molecule has 104 valence electrons. The highest BCUT2D eigenvalue weighted by Crippen LogP contribution is 2.30. The number of nitriles is 1. The molecule has 0 saturated heterocycles. The molecule has 0 bridgehead atoms. The molecule has 0 fully saturated rings. The Bertz CT molecular complexity index is 638. The number of alkyl halides is 3. The van der Waals surface area contributed by atoms with Crippen molar-refractivity contribution < 1.29 is 17.9 Å². The summed E-state index contributed by atoms with van der Waals surface area (Å²) in [4.78, 5) is 0. The Morgan fingerprint density at radius 2 is 1.95 bits per heavy atom. The minimum atomic E-state index is -4.37. The van der Waals surface area contributed by atoms with Crippen LogP contribution in [0.5, 0.6) is 5.75 Å². The molecule has 0 aliphatic heterocycles. The Kier molecular flexibility index (Phi) is 3.66. The molecule has 0 spiro atoms. The Hall–Kier alpha value is -2.49. The number of benzene rings is 1. The summed E-state index contributed by atoms with van der Waals surface area (Å²) >= 11 is 0. The van der Waals surface area contributed by atoms with Gasteiger partial charge in [-0.3, -0.25) is 4.68 Å². The van der Waals surface area contributed by atoms with Crippen LogP contribution >= 0.6 is 0 Å². The lowest BCUT2D eigenvalue weighted by Gasteiger charge is -2.09. The normalized spacial score (nSPS) is 11.2. The van der Waals surface area contributed by atoms with Crippen molar-refractivity contribution in [1.82, 2.24) is 9.78 Å². The van der Waals surface area contributed by atoms with Crippen molar-refractivity contribution in [3.8, 4) is 11.8 Å². The van der Waals surface area contributed by atoms with E-state index in [1.54, 1.807) is 7.05 Å². The number of aromatic nitrogens is 2. The molecule has 4 nitrogen and oxygen atoms in total. The van der Waals surface area contributed by atoms with Gasteiger partial charge in [0.25, 0.3) is 0 Å². The SMILES string of the molecule is Cn1ncc(C#N)c1COc1ccc(C(F)(F)F)cc1. The number of rotatable bonds is 3. The fourth-order valence-corrected chi connectivity index (χ4v) is 1.62. The van der Waals surface area contributed by atoms with Gasteiger partial charge in [-0.1, -0.05) is 0 Å². The van der Waals surface area contributed by atoms with E-state index in [9.17, 15) is 13.2 Å². The van der Waals surface area contributed by atoms with Gasteiger partial charge in [0.2, 0.25) is 0 Å². The second kappa shape index (κ2) is 5.25. The number of halogens is 3.